The van der Waals surface area contributed by atoms with Crippen LogP contribution in [0.25, 0.3) is 0 Å². The molecule has 4 amide bonds. The van der Waals surface area contributed by atoms with Gasteiger partial charge in [0.1, 0.15) is 12.1 Å². The van der Waals surface area contributed by atoms with Gasteiger partial charge in [0.25, 0.3) is 0 Å². The van der Waals surface area contributed by atoms with Gasteiger partial charge in [0.2, 0.25) is 11.8 Å². The molecule has 0 radical (unpaired) electrons. The number of carbonyl (C=O) groups excluding carboxylic acids is 3. The number of nitrogens with one attached hydrogen (secondary N) is 3. The molecule has 7 heteroatoms. The molecule has 3 N–H and O–H groups in total. The second-order valence-corrected chi connectivity index (χ2v) is 8.08. The molecule has 3 aliphatic rings. The van der Waals surface area contributed by atoms with Gasteiger partial charge in [0.15, 0.2) is 0 Å². The van der Waals surface area contributed by atoms with E-state index in [2.05, 4.69) is 16.0 Å². The van der Waals surface area contributed by atoms with Gasteiger partial charge in [-0.05, 0) is 31.6 Å². The van der Waals surface area contributed by atoms with Crippen LogP contribution >= 0.6 is 0 Å². The first-order chi connectivity index (χ1) is 11.9. The number of piperazine rings is 1. The third-order valence-electron chi connectivity index (χ3n) is 5.48. The van der Waals surface area contributed by atoms with E-state index in [9.17, 15) is 14.4 Å². The summed E-state index contributed by atoms with van der Waals surface area (Å²) in [5, 5.41) is 8.84. The summed E-state index contributed by atoms with van der Waals surface area (Å²) < 4.78 is 0. The zero-order valence-corrected chi connectivity index (χ0v) is 15.2. The number of rotatable bonds is 4. The molecular formula is C18H30N4O3. The minimum Gasteiger partial charge on any atom is -0.342 e. The number of amides is 4. The maximum absolute atomic E-state index is 12.6. The van der Waals surface area contributed by atoms with Crippen molar-refractivity contribution in [3.8, 4) is 0 Å². The molecule has 0 unspecified atom stereocenters. The first-order valence-electron chi connectivity index (χ1n) is 9.62. The molecule has 2 aliphatic heterocycles. The van der Waals surface area contributed by atoms with Crippen molar-refractivity contribution in [1.29, 1.82) is 0 Å². The summed E-state index contributed by atoms with van der Waals surface area (Å²) in [6.07, 6.45) is 6.77. The molecule has 2 saturated heterocycles. The van der Waals surface area contributed by atoms with E-state index in [1.165, 1.54) is 6.42 Å². The second kappa shape index (κ2) is 7.62. The number of hydrogen-bond acceptors (Lipinski definition) is 3. The Morgan fingerprint density at radius 3 is 2.52 bits per heavy atom. The van der Waals surface area contributed by atoms with Gasteiger partial charge >= 0.3 is 6.03 Å². The van der Waals surface area contributed by atoms with Gasteiger partial charge in [0, 0.05) is 12.6 Å². The maximum Gasteiger partial charge on any atom is 0.315 e. The fourth-order valence-corrected chi connectivity index (χ4v) is 4.25. The number of fused-ring (bicyclic) bond motifs is 1. The number of carbonyl (C=O) groups is 3. The van der Waals surface area contributed by atoms with Crippen molar-refractivity contribution in [1.82, 2.24) is 20.9 Å². The van der Waals surface area contributed by atoms with Gasteiger partial charge in [-0.1, -0.05) is 33.1 Å². The molecule has 3 rings (SSSR count). The van der Waals surface area contributed by atoms with Crippen LogP contribution < -0.4 is 16.0 Å². The van der Waals surface area contributed by atoms with E-state index in [-0.39, 0.29) is 29.9 Å². The van der Waals surface area contributed by atoms with Crippen molar-refractivity contribution in [2.75, 3.05) is 6.54 Å². The molecule has 25 heavy (non-hydrogen) atoms. The van der Waals surface area contributed by atoms with Crippen LogP contribution in [0.4, 0.5) is 4.79 Å². The summed E-state index contributed by atoms with van der Waals surface area (Å²) in [5.41, 5.74) is 0. The lowest BCUT2D eigenvalue weighted by atomic mass is 9.96. The lowest BCUT2D eigenvalue weighted by Gasteiger charge is -2.35. The highest BCUT2D eigenvalue weighted by Gasteiger charge is 2.46. The SMILES string of the molecule is CC(C)C[C@H]1NC(=O)[C@@H]2C[C@H](NC(=O)NC3CCCCC3)CN2C1=O. The van der Waals surface area contributed by atoms with Crippen LogP contribution in [-0.4, -0.2) is 53.5 Å². The molecule has 3 atom stereocenters. The van der Waals surface area contributed by atoms with Gasteiger partial charge in [-0.25, -0.2) is 4.79 Å². The van der Waals surface area contributed by atoms with Crippen LogP contribution in [0, 0.1) is 5.92 Å². The number of nitrogens with zero attached hydrogens (tertiary/aromatic N) is 1. The Morgan fingerprint density at radius 1 is 1.16 bits per heavy atom. The first kappa shape index (κ1) is 18.0. The molecule has 7 nitrogen and oxygen atoms in total. The zero-order valence-electron chi connectivity index (χ0n) is 15.2. The lowest BCUT2D eigenvalue weighted by Crippen LogP contribution is -2.61. The molecule has 0 bridgehead atoms. The Kier molecular flexibility index (Phi) is 5.49. The molecule has 1 saturated carbocycles. The Labute approximate surface area is 149 Å². The first-order valence-corrected chi connectivity index (χ1v) is 9.62. The van der Waals surface area contributed by atoms with Crippen molar-refractivity contribution in [2.24, 2.45) is 5.92 Å². The van der Waals surface area contributed by atoms with E-state index in [4.69, 9.17) is 0 Å². The average Bonchev–Trinajstić information content (AvgIpc) is 2.97. The van der Waals surface area contributed by atoms with Gasteiger partial charge in [0.05, 0.1) is 6.04 Å². The van der Waals surface area contributed by atoms with E-state index in [0.29, 0.717) is 25.3 Å². The smallest absolute Gasteiger partial charge is 0.315 e. The molecule has 0 aromatic rings. The highest BCUT2D eigenvalue weighted by atomic mass is 16.2. The van der Waals surface area contributed by atoms with Crippen molar-refractivity contribution in [3.05, 3.63) is 0 Å². The largest absolute Gasteiger partial charge is 0.342 e. The lowest BCUT2D eigenvalue weighted by molar-refractivity contribution is -0.147. The molecular weight excluding hydrogens is 320 g/mol. The van der Waals surface area contributed by atoms with Gasteiger partial charge in [-0.2, -0.15) is 0 Å². The molecule has 0 aromatic carbocycles. The predicted octanol–water partition coefficient (Wildman–Crippen LogP) is 1.13. The second-order valence-electron chi connectivity index (χ2n) is 8.08. The Bertz CT molecular complexity index is 530. The number of urea groups is 1. The van der Waals surface area contributed by atoms with Crippen LogP contribution in [0.3, 0.4) is 0 Å². The topological polar surface area (TPSA) is 90.5 Å². The fraction of sp³-hybridized carbons (Fsp3) is 0.833. The minimum atomic E-state index is -0.448. The van der Waals surface area contributed by atoms with E-state index >= 15 is 0 Å². The van der Waals surface area contributed by atoms with Crippen LogP contribution in [0.1, 0.15) is 58.8 Å². The zero-order chi connectivity index (χ0) is 18.0. The molecule has 140 valence electrons. The van der Waals surface area contributed by atoms with E-state index in [1.807, 2.05) is 13.8 Å². The summed E-state index contributed by atoms with van der Waals surface area (Å²) in [6.45, 7) is 4.49. The average molecular weight is 350 g/mol. The van der Waals surface area contributed by atoms with Gasteiger partial charge < -0.3 is 20.9 Å². The van der Waals surface area contributed by atoms with Crippen LogP contribution in [0.15, 0.2) is 0 Å². The van der Waals surface area contributed by atoms with Gasteiger partial charge in [-0.3, -0.25) is 9.59 Å². The van der Waals surface area contributed by atoms with E-state index in [1.54, 1.807) is 4.90 Å². The summed E-state index contributed by atoms with van der Waals surface area (Å²) >= 11 is 0. The van der Waals surface area contributed by atoms with Gasteiger partial charge in [-0.15, -0.1) is 0 Å². The van der Waals surface area contributed by atoms with Crippen LogP contribution in [-0.2, 0) is 9.59 Å². The van der Waals surface area contributed by atoms with Crippen molar-refractivity contribution < 1.29 is 14.4 Å². The fourth-order valence-electron chi connectivity index (χ4n) is 4.25. The Morgan fingerprint density at radius 2 is 1.84 bits per heavy atom. The summed E-state index contributed by atoms with van der Waals surface area (Å²) in [4.78, 5) is 38.8. The third kappa shape index (κ3) is 4.25. The molecule has 2 heterocycles. The van der Waals surface area contributed by atoms with E-state index in [0.717, 1.165) is 25.7 Å². The van der Waals surface area contributed by atoms with Crippen molar-refractivity contribution >= 4 is 17.8 Å². The maximum atomic E-state index is 12.6. The van der Waals surface area contributed by atoms with Crippen LogP contribution in [0.5, 0.6) is 0 Å². The Balaban J connectivity index is 1.53. The number of hydrogen-bond donors (Lipinski definition) is 3. The third-order valence-corrected chi connectivity index (χ3v) is 5.48. The summed E-state index contributed by atoms with van der Waals surface area (Å²) in [7, 11) is 0. The highest BCUT2D eigenvalue weighted by molar-refractivity contribution is 5.97. The monoisotopic (exact) mass is 350 g/mol. The van der Waals surface area contributed by atoms with Crippen molar-refractivity contribution in [2.45, 2.75) is 83.0 Å². The normalized spacial score (nSPS) is 30.2. The van der Waals surface area contributed by atoms with Crippen LogP contribution in [0.2, 0.25) is 0 Å². The Hall–Kier alpha value is -1.79. The molecule has 0 aromatic heterocycles. The summed E-state index contributed by atoms with van der Waals surface area (Å²) in [6, 6.07) is -0.975. The summed E-state index contributed by atoms with van der Waals surface area (Å²) in [5.74, 6) is 0.223. The quantitative estimate of drug-likeness (QED) is 0.710. The molecule has 1 aliphatic carbocycles. The highest BCUT2D eigenvalue weighted by Crippen LogP contribution is 2.25. The molecule has 3 fully saturated rings. The van der Waals surface area contributed by atoms with Crippen molar-refractivity contribution in [3.63, 3.8) is 0 Å². The van der Waals surface area contributed by atoms with E-state index < -0.39 is 12.1 Å². The predicted molar refractivity (Wildman–Crippen MR) is 93.8 cm³/mol. The molecule has 0 spiro atoms. The minimum absolute atomic E-state index is 0.0183. The standard InChI is InChI=1S/C18H30N4O3/c1-11(2)8-14-17(24)22-10-13(9-15(22)16(23)21-14)20-18(25)19-12-6-4-3-5-7-12/h11-15H,3-10H2,1-2H3,(H,21,23)(H2,19,20,25)/t13-,14+,15-/m0/s1.